The molecule has 0 saturated carbocycles. The molecule has 3 rings (SSSR count). The molecule has 3 nitrogen and oxygen atoms in total. The summed E-state index contributed by atoms with van der Waals surface area (Å²) in [6.07, 6.45) is 0.499. The van der Waals surface area contributed by atoms with E-state index in [4.69, 9.17) is 11.6 Å². The Labute approximate surface area is 155 Å². The second-order valence-corrected chi connectivity index (χ2v) is 7.18. The number of rotatable bonds is 4. The molecule has 0 N–H and O–H groups in total. The molecule has 0 aliphatic carbocycles. The van der Waals surface area contributed by atoms with Gasteiger partial charge in [0.25, 0.3) is 0 Å². The molecular formula is C21H25ClN2O. The number of hydrogen-bond acceptors (Lipinski definition) is 2. The van der Waals surface area contributed by atoms with E-state index in [0.29, 0.717) is 12.5 Å². The van der Waals surface area contributed by atoms with Gasteiger partial charge in [0.05, 0.1) is 6.42 Å². The van der Waals surface area contributed by atoms with Gasteiger partial charge in [0, 0.05) is 37.2 Å². The molecular weight excluding hydrogens is 332 g/mol. The Bertz CT molecular complexity index is 721. The summed E-state index contributed by atoms with van der Waals surface area (Å²) in [5.41, 5.74) is 3.58. The summed E-state index contributed by atoms with van der Waals surface area (Å²) in [4.78, 5) is 17.0. The van der Waals surface area contributed by atoms with Crippen LogP contribution in [0.25, 0.3) is 0 Å². The van der Waals surface area contributed by atoms with E-state index in [9.17, 15) is 4.79 Å². The molecule has 1 fully saturated rings. The van der Waals surface area contributed by atoms with Crippen molar-refractivity contribution in [2.24, 2.45) is 0 Å². The van der Waals surface area contributed by atoms with Crippen molar-refractivity contribution >= 4 is 17.5 Å². The molecule has 132 valence electrons. The van der Waals surface area contributed by atoms with Crippen LogP contribution in [0.1, 0.15) is 29.7 Å². The van der Waals surface area contributed by atoms with Crippen molar-refractivity contribution in [3.05, 3.63) is 70.2 Å². The van der Waals surface area contributed by atoms with Crippen LogP contribution in [-0.2, 0) is 11.2 Å². The number of nitrogens with zero attached hydrogens (tertiary/aromatic N) is 2. The van der Waals surface area contributed by atoms with E-state index in [1.54, 1.807) is 0 Å². The van der Waals surface area contributed by atoms with E-state index in [0.717, 1.165) is 36.8 Å². The Balaban J connectivity index is 1.55. The molecule has 0 spiro atoms. The van der Waals surface area contributed by atoms with Gasteiger partial charge in [0.15, 0.2) is 0 Å². The summed E-state index contributed by atoms with van der Waals surface area (Å²) in [6, 6.07) is 16.5. The van der Waals surface area contributed by atoms with Gasteiger partial charge in [-0.1, -0.05) is 48.0 Å². The number of benzene rings is 2. The fraction of sp³-hybridized carbons (Fsp3) is 0.381. The number of carbonyl (C=O) groups is 1. The maximum atomic E-state index is 12.6. The number of halogens is 1. The van der Waals surface area contributed by atoms with Crippen LogP contribution in [0.4, 0.5) is 0 Å². The highest BCUT2D eigenvalue weighted by Crippen LogP contribution is 2.23. The highest BCUT2D eigenvalue weighted by molar-refractivity contribution is 6.30. The van der Waals surface area contributed by atoms with Crippen molar-refractivity contribution < 1.29 is 4.79 Å². The van der Waals surface area contributed by atoms with Gasteiger partial charge in [-0.3, -0.25) is 9.69 Å². The average Bonchev–Trinajstić information content (AvgIpc) is 2.64. The van der Waals surface area contributed by atoms with Gasteiger partial charge in [-0.25, -0.2) is 0 Å². The molecule has 1 saturated heterocycles. The second-order valence-electron chi connectivity index (χ2n) is 6.75. The average molecular weight is 357 g/mol. The molecule has 4 heteroatoms. The van der Waals surface area contributed by atoms with Gasteiger partial charge in [0.2, 0.25) is 5.91 Å². The van der Waals surface area contributed by atoms with E-state index in [2.05, 4.69) is 36.9 Å². The fourth-order valence-corrected chi connectivity index (χ4v) is 3.52. The zero-order chi connectivity index (χ0) is 17.8. The zero-order valence-electron chi connectivity index (χ0n) is 14.9. The molecule has 2 aromatic rings. The standard InChI is InChI=1S/C21H25ClN2O/c1-16-5-3-4-6-19(16)15-21(25)24-13-11-23(12-14-24)17(2)18-7-9-20(22)10-8-18/h3-10,17H,11-15H2,1-2H3. The lowest BCUT2D eigenvalue weighted by atomic mass is 10.0. The maximum Gasteiger partial charge on any atom is 0.227 e. The largest absolute Gasteiger partial charge is 0.340 e. The highest BCUT2D eigenvalue weighted by Gasteiger charge is 2.24. The second kappa shape index (κ2) is 8.03. The van der Waals surface area contributed by atoms with Crippen molar-refractivity contribution in [2.45, 2.75) is 26.3 Å². The number of hydrogen-bond donors (Lipinski definition) is 0. The van der Waals surface area contributed by atoms with Crippen LogP contribution < -0.4 is 0 Å². The number of amides is 1. The van der Waals surface area contributed by atoms with Crippen molar-refractivity contribution in [2.75, 3.05) is 26.2 Å². The summed E-state index contributed by atoms with van der Waals surface area (Å²) >= 11 is 5.98. The predicted octanol–water partition coefficient (Wildman–Crippen LogP) is 4.10. The van der Waals surface area contributed by atoms with E-state index < -0.39 is 0 Å². The van der Waals surface area contributed by atoms with Crippen molar-refractivity contribution in [3.8, 4) is 0 Å². The number of aryl methyl sites for hydroxylation is 1. The topological polar surface area (TPSA) is 23.6 Å². The first-order chi connectivity index (χ1) is 12.0. The maximum absolute atomic E-state index is 12.6. The molecule has 0 bridgehead atoms. The lowest BCUT2D eigenvalue weighted by molar-refractivity contribution is -0.132. The van der Waals surface area contributed by atoms with Crippen LogP contribution in [0.5, 0.6) is 0 Å². The van der Waals surface area contributed by atoms with Gasteiger partial charge < -0.3 is 4.90 Å². The summed E-state index contributed by atoms with van der Waals surface area (Å²) in [6.45, 7) is 7.68. The smallest absolute Gasteiger partial charge is 0.227 e. The van der Waals surface area contributed by atoms with Crippen LogP contribution in [0.15, 0.2) is 48.5 Å². The quantitative estimate of drug-likeness (QED) is 0.823. The SMILES string of the molecule is Cc1ccccc1CC(=O)N1CCN(C(C)c2ccc(Cl)cc2)CC1. The minimum absolute atomic E-state index is 0.230. The molecule has 1 aliphatic rings. The van der Waals surface area contributed by atoms with E-state index >= 15 is 0 Å². The molecule has 25 heavy (non-hydrogen) atoms. The summed E-state index contributed by atoms with van der Waals surface area (Å²) in [5, 5.41) is 0.766. The Morgan fingerprint density at radius 1 is 1.04 bits per heavy atom. The van der Waals surface area contributed by atoms with Crippen molar-refractivity contribution in [1.82, 2.24) is 9.80 Å². The van der Waals surface area contributed by atoms with Crippen molar-refractivity contribution in [3.63, 3.8) is 0 Å². The lowest BCUT2D eigenvalue weighted by Gasteiger charge is -2.38. The normalized spacial score (nSPS) is 16.7. The minimum Gasteiger partial charge on any atom is -0.340 e. The van der Waals surface area contributed by atoms with E-state index in [1.807, 2.05) is 35.2 Å². The number of piperazine rings is 1. The molecule has 2 aromatic carbocycles. The van der Waals surface area contributed by atoms with Gasteiger partial charge in [-0.15, -0.1) is 0 Å². The Morgan fingerprint density at radius 2 is 1.68 bits per heavy atom. The Hall–Kier alpha value is -1.84. The van der Waals surface area contributed by atoms with Crippen LogP contribution >= 0.6 is 11.6 Å². The summed E-state index contributed by atoms with van der Waals surface area (Å²) in [7, 11) is 0. The summed E-state index contributed by atoms with van der Waals surface area (Å²) in [5.74, 6) is 0.230. The summed E-state index contributed by atoms with van der Waals surface area (Å²) < 4.78 is 0. The third-order valence-electron chi connectivity index (χ3n) is 5.17. The third kappa shape index (κ3) is 4.42. The zero-order valence-corrected chi connectivity index (χ0v) is 15.7. The van der Waals surface area contributed by atoms with Crippen LogP contribution in [-0.4, -0.2) is 41.9 Å². The van der Waals surface area contributed by atoms with Crippen LogP contribution in [0.3, 0.4) is 0 Å². The molecule has 0 aromatic heterocycles. The molecule has 1 aliphatic heterocycles. The van der Waals surface area contributed by atoms with Crippen LogP contribution in [0, 0.1) is 6.92 Å². The highest BCUT2D eigenvalue weighted by atomic mass is 35.5. The van der Waals surface area contributed by atoms with Crippen LogP contribution in [0.2, 0.25) is 5.02 Å². The number of carbonyl (C=O) groups excluding carboxylic acids is 1. The molecule has 1 heterocycles. The molecule has 1 atom stereocenters. The van der Waals surface area contributed by atoms with Crippen molar-refractivity contribution in [1.29, 1.82) is 0 Å². The van der Waals surface area contributed by atoms with E-state index in [-0.39, 0.29) is 5.91 Å². The Morgan fingerprint density at radius 3 is 2.32 bits per heavy atom. The van der Waals surface area contributed by atoms with Gasteiger partial charge >= 0.3 is 0 Å². The monoisotopic (exact) mass is 356 g/mol. The minimum atomic E-state index is 0.230. The molecule has 1 amide bonds. The van der Waals surface area contributed by atoms with Gasteiger partial charge in [-0.2, -0.15) is 0 Å². The third-order valence-corrected chi connectivity index (χ3v) is 5.42. The van der Waals surface area contributed by atoms with E-state index in [1.165, 1.54) is 11.1 Å². The first kappa shape index (κ1) is 18.0. The Kier molecular flexibility index (Phi) is 5.77. The van der Waals surface area contributed by atoms with Gasteiger partial charge in [0.1, 0.15) is 0 Å². The predicted molar refractivity (Wildman–Crippen MR) is 103 cm³/mol. The molecule has 0 radical (unpaired) electrons. The fourth-order valence-electron chi connectivity index (χ4n) is 3.39. The molecule has 1 unspecified atom stereocenters. The lowest BCUT2D eigenvalue weighted by Crippen LogP contribution is -2.49. The first-order valence-electron chi connectivity index (χ1n) is 8.86. The first-order valence-corrected chi connectivity index (χ1v) is 9.24. The van der Waals surface area contributed by atoms with Gasteiger partial charge in [-0.05, 0) is 42.7 Å².